The van der Waals surface area contributed by atoms with Crippen molar-refractivity contribution in [2.45, 2.75) is 58.3 Å². The molecule has 4 N–H and O–H groups in total. The number of nitrogens with two attached hydrogens (primary N) is 2. The summed E-state index contributed by atoms with van der Waals surface area (Å²) in [6, 6.07) is 29.0. The number of anilines is 2. The zero-order valence-corrected chi connectivity index (χ0v) is 26.2. The van der Waals surface area contributed by atoms with Gasteiger partial charge in [-0.15, -0.1) is 0 Å². The highest BCUT2D eigenvalue weighted by molar-refractivity contribution is 6.07. The average molecular weight is 605 g/mol. The van der Waals surface area contributed by atoms with Crippen molar-refractivity contribution in [1.29, 1.82) is 0 Å². The maximum Gasteiger partial charge on any atom is 0.338 e. The van der Waals surface area contributed by atoms with E-state index in [1.807, 2.05) is 54.6 Å². The van der Waals surface area contributed by atoms with E-state index in [1.54, 1.807) is 24.3 Å². The second-order valence-corrected chi connectivity index (χ2v) is 11.3. The van der Waals surface area contributed by atoms with Gasteiger partial charge in [0, 0.05) is 16.9 Å². The molecule has 0 spiro atoms. The summed E-state index contributed by atoms with van der Waals surface area (Å²) in [5.41, 5.74) is 18.0. The smallest absolute Gasteiger partial charge is 0.338 e. The van der Waals surface area contributed by atoms with Gasteiger partial charge < -0.3 is 20.9 Å². The van der Waals surface area contributed by atoms with Gasteiger partial charge in [0.1, 0.15) is 5.75 Å². The van der Waals surface area contributed by atoms with Crippen LogP contribution in [0.15, 0.2) is 97.1 Å². The van der Waals surface area contributed by atoms with E-state index in [0.29, 0.717) is 35.7 Å². The Bertz CT molecular complexity index is 1520. The summed E-state index contributed by atoms with van der Waals surface area (Å²) in [6.07, 6.45) is 11.8. The minimum absolute atomic E-state index is 0.0235. The van der Waals surface area contributed by atoms with Crippen LogP contribution in [0.5, 0.6) is 5.75 Å². The van der Waals surface area contributed by atoms with E-state index in [0.717, 1.165) is 73.8 Å². The van der Waals surface area contributed by atoms with E-state index in [4.69, 9.17) is 20.9 Å². The number of nitrogen functional groups attached to an aromatic ring is 2. The fourth-order valence-electron chi connectivity index (χ4n) is 5.07. The predicted octanol–water partition coefficient (Wildman–Crippen LogP) is 8.94. The summed E-state index contributed by atoms with van der Waals surface area (Å²) in [4.78, 5) is 24.8. The lowest BCUT2D eigenvalue weighted by atomic mass is 10.00. The molecule has 4 aromatic rings. The first-order valence-corrected chi connectivity index (χ1v) is 15.9. The molecule has 234 valence electrons. The minimum atomic E-state index is -0.394. The van der Waals surface area contributed by atoms with E-state index < -0.39 is 5.97 Å². The lowest BCUT2D eigenvalue weighted by molar-refractivity contribution is 0.0497. The molecule has 0 aliphatic carbocycles. The molecular weight excluding hydrogens is 560 g/mol. The van der Waals surface area contributed by atoms with Crippen molar-refractivity contribution in [1.82, 2.24) is 0 Å². The van der Waals surface area contributed by atoms with Gasteiger partial charge >= 0.3 is 5.97 Å². The number of ketones is 1. The first kappa shape index (κ1) is 33.1. The number of carbonyl (C=O) groups excluding carboxylic acids is 2. The van der Waals surface area contributed by atoms with Crippen LogP contribution in [0.1, 0.15) is 83.7 Å². The Kier molecular flexibility index (Phi) is 12.8. The standard InChI is InChI=1S/C39H44N2O4/c1-2-9-29-10-15-31(16-11-29)32-17-19-33(20-18-32)38(42)23-14-30-12-21-37(22-13-30)44-24-7-5-3-4-6-8-25-45-39(43)34-26-35(40)28-36(41)27-34/h10-23,26-28H,2-9,24-25,40-41H2,1H3. The van der Waals surface area contributed by atoms with Crippen LogP contribution in [-0.4, -0.2) is 25.0 Å². The summed E-state index contributed by atoms with van der Waals surface area (Å²) in [5, 5.41) is 0. The molecule has 0 aromatic heterocycles. The van der Waals surface area contributed by atoms with Gasteiger partial charge in [0.15, 0.2) is 5.78 Å². The average Bonchev–Trinajstić information content (AvgIpc) is 3.05. The van der Waals surface area contributed by atoms with Crippen molar-refractivity contribution in [2.24, 2.45) is 0 Å². The topological polar surface area (TPSA) is 105 Å². The molecule has 0 heterocycles. The highest BCUT2D eigenvalue weighted by Crippen LogP contribution is 2.22. The SMILES string of the molecule is CCCc1ccc(-c2ccc(C(=O)C=Cc3ccc(OCCCCCCCCOC(=O)c4cc(N)cc(N)c4)cc3)cc2)cc1. The van der Waals surface area contributed by atoms with Crippen LogP contribution in [0, 0.1) is 0 Å². The number of unbranched alkanes of at least 4 members (excludes halogenated alkanes) is 5. The van der Waals surface area contributed by atoms with Gasteiger partial charge in [0.2, 0.25) is 0 Å². The molecule has 0 aliphatic heterocycles. The summed E-state index contributed by atoms with van der Waals surface area (Å²) in [6.45, 7) is 3.23. The molecule has 4 rings (SSSR count). The summed E-state index contributed by atoms with van der Waals surface area (Å²) < 4.78 is 11.2. The van der Waals surface area contributed by atoms with Crippen LogP contribution >= 0.6 is 0 Å². The first-order valence-electron chi connectivity index (χ1n) is 15.9. The van der Waals surface area contributed by atoms with Crippen LogP contribution < -0.4 is 16.2 Å². The van der Waals surface area contributed by atoms with E-state index in [-0.39, 0.29) is 5.78 Å². The highest BCUT2D eigenvalue weighted by atomic mass is 16.5. The number of hydrogen-bond acceptors (Lipinski definition) is 6. The molecule has 45 heavy (non-hydrogen) atoms. The van der Waals surface area contributed by atoms with Gasteiger partial charge in [-0.25, -0.2) is 4.79 Å². The lowest BCUT2D eigenvalue weighted by Gasteiger charge is -2.07. The van der Waals surface area contributed by atoms with Crippen LogP contribution in [0.3, 0.4) is 0 Å². The van der Waals surface area contributed by atoms with E-state index in [1.165, 1.54) is 5.56 Å². The Hall–Kier alpha value is -4.84. The van der Waals surface area contributed by atoms with Gasteiger partial charge in [0.25, 0.3) is 0 Å². The molecular formula is C39H44N2O4. The number of ether oxygens (including phenoxy) is 2. The highest BCUT2D eigenvalue weighted by Gasteiger charge is 2.09. The molecule has 4 aromatic carbocycles. The Morgan fingerprint density at radius 2 is 1.24 bits per heavy atom. The predicted molar refractivity (Wildman–Crippen MR) is 184 cm³/mol. The van der Waals surface area contributed by atoms with Gasteiger partial charge in [0.05, 0.1) is 18.8 Å². The maximum absolute atomic E-state index is 12.7. The second kappa shape index (κ2) is 17.5. The van der Waals surface area contributed by atoms with E-state index >= 15 is 0 Å². The Morgan fingerprint density at radius 1 is 0.667 bits per heavy atom. The van der Waals surface area contributed by atoms with Gasteiger partial charge in [-0.2, -0.15) is 0 Å². The molecule has 0 radical (unpaired) electrons. The number of benzene rings is 4. The van der Waals surface area contributed by atoms with Gasteiger partial charge in [-0.1, -0.05) is 106 Å². The number of esters is 1. The lowest BCUT2D eigenvalue weighted by Crippen LogP contribution is -2.07. The van der Waals surface area contributed by atoms with Crippen molar-refractivity contribution in [2.75, 3.05) is 24.7 Å². The maximum atomic E-state index is 12.7. The zero-order valence-electron chi connectivity index (χ0n) is 26.2. The third kappa shape index (κ3) is 11.0. The van der Waals surface area contributed by atoms with Crippen molar-refractivity contribution < 1.29 is 19.1 Å². The van der Waals surface area contributed by atoms with Crippen LogP contribution in [0.2, 0.25) is 0 Å². The van der Waals surface area contributed by atoms with Crippen molar-refractivity contribution in [3.63, 3.8) is 0 Å². The molecule has 6 heteroatoms. The van der Waals surface area contributed by atoms with Gasteiger partial charge in [-0.05, 0) is 77.9 Å². The number of rotatable bonds is 17. The van der Waals surface area contributed by atoms with Crippen molar-refractivity contribution in [3.05, 3.63) is 119 Å². The van der Waals surface area contributed by atoms with Gasteiger partial charge in [-0.3, -0.25) is 4.79 Å². The molecule has 0 aliphatic rings. The normalized spacial score (nSPS) is 11.0. The summed E-state index contributed by atoms with van der Waals surface area (Å²) in [5.74, 6) is 0.402. The van der Waals surface area contributed by atoms with Crippen LogP contribution in [-0.2, 0) is 11.2 Å². The molecule has 0 unspecified atom stereocenters. The molecule has 0 atom stereocenters. The molecule has 0 bridgehead atoms. The fourth-order valence-corrected chi connectivity index (χ4v) is 5.07. The Morgan fingerprint density at radius 3 is 1.87 bits per heavy atom. The van der Waals surface area contributed by atoms with E-state index in [9.17, 15) is 9.59 Å². The van der Waals surface area contributed by atoms with E-state index in [2.05, 4.69) is 31.2 Å². The van der Waals surface area contributed by atoms with Crippen LogP contribution in [0.4, 0.5) is 11.4 Å². The quantitative estimate of drug-likeness (QED) is 0.0410. The minimum Gasteiger partial charge on any atom is -0.494 e. The largest absolute Gasteiger partial charge is 0.494 e. The number of hydrogen-bond donors (Lipinski definition) is 2. The van der Waals surface area contributed by atoms with Crippen molar-refractivity contribution in [3.8, 4) is 16.9 Å². The molecule has 0 saturated heterocycles. The number of carbonyl (C=O) groups is 2. The second-order valence-electron chi connectivity index (χ2n) is 11.3. The molecule has 0 amide bonds. The van der Waals surface area contributed by atoms with Crippen LogP contribution in [0.25, 0.3) is 17.2 Å². The zero-order chi connectivity index (χ0) is 31.9. The third-order valence-electron chi connectivity index (χ3n) is 7.56. The fraction of sp³-hybridized carbons (Fsp3) is 0.282. The number of aryl methyl sites for hydroxylation is 1. The molecule has 6 nitrogen and oxygen atoms in total. The Balaban J connectivity index is 1.08. The Labute approximate surface area is 267 Å². The monoisotopic (exact) mass is 604 g/mol. The number of allylic oxidation sites excluding steroid dienone is 1. The summed E-state index contributed by atoms with van der Waals surface area (Å²) in [7, 11) is 0. The van der Waals surface area contributed by atoms with Crippen molar-refractivity contribution >= 4 is 29.2 Å². The first-order chi connectivity index (χ1) is 21.9. The third-order valence-corrected chi connectivity index (χ3v) is 7.56. The molecule has 0 fully saturated rings. The summed E-state index contributed by atoms with van der Waals surface area (Å²) >= 11 is 0. The molecule has 0 saturated carbocycles.